The van der Waals surface area contributed by atoms with Gasteiger partial charge in [0.05, 0.1) is 0 Å². The molecule has 1 saturated carbocycles. The zero-order valence-electron chi connectivity index (χ0n) is 11.4. The number of likely N-dealkylation sites (tertiary alicyclic amines) is 1. The predicted molar refractivity (Wildman–Crippen MR) is 71.0 cm³/mol. The second kappa shape index (κ2) is 6.23. The van der Waals surface area contributed by atoms with Crippen LogP contribution in [-0.2, 0) is 4.79 Å². The van der Waals surface area contributed by atoms with Crippen molar-refractivity contribution in [2.75, 3.05) is 20.1 Å². The lowest BCUT2D eigenvalue weighted by atomic mass is 10.0. The number of nitrogens with one attached hydrogen (secondary N) is 2. The van der Waals surface area contributed by atoms with Gasteiger partial charge in [-0.15, -0.1) is 0 Å². The van der Waals surface area contributed by atoms with E-state index in [9.17, 15) is 9.59 Å². The minimum atomic E-state index is -0.938. The van der Waals surface area contributed by atoms with E-state index in [1.54, 1.807) is 0 Å². The van der Waals surface area contributed by atoms with E-state index in [2.05, 4.69) is 22.6 Å². The first-order valence-corrected chi connectivity index (χ1v) is 7.05. The van der Waals surface area contributed by atoms with Gasteiger partial charge in [-0.3, -0.25) is 0 Å². The van der Waals surface area contributed by atoms with Gasteiger partial charge in [0.2, 0.25) is 0 Å². The van der Waals surface area contributed by atoms with Crippen LogP contribution < -0.4 is 10.6 Å². The summed E-state index contributed by atoms with van der Waals surface area (Å²) in [4.78, 5) is 25.0. The third-order valence-electron chi connectivity index (χ3n) is 4.07. The van der Waals surface area contributed by atoms with Crippen LogP contribution in [0.15, 0.2) is 0 Å². The van der Waals surface area contributed by atoms with E-state index in [1.807, 2.05) is 0 Å². The molecule has 1 saturated heterocycles. The smallest absolute Gasteiger partial charge is 0.326 e. The normalized spacial score (nSPS) is 25.6. The first-order chi connectivity index (χ1) is 9.08. The SMILES string of the molecule is CN1CCCCC1CNC(=O)NC(C(=O)O)C1CC1. The predicted octanol–water partition coefficient (Wildman–Crippen LogP) is 0.633. The maximum Gasteiger partial charge on any atom is 0.326 e. The van der Waals surface area contributed by atoms with Crippen LogP contribution in [0.5, 0.6) is 0 Å². The van der Waals surface area contributed by atoms with Gasteiger partial charge >= 0.3 is 12.0 Å². The van der Waals surface area contributed by atoms with Crippen molar-refractivity contribution >= 4 is 12.0 Å². The molecule has 2 atom stereocenters. The number of carboxylic acid groups (broad SMARTS) is 1. The van der Waals surface area contributed by atoms with Crippen LogP contribution in [0.25, 0.3) is 0 Å². The lowest BCUT2D eigenvalue weighted by Crippen LogP contribution is -2.51. The topological polar surface area (TPSA) is 81.7 Å². The summed E-state index contributed by atoms with van der Waals surface area (Å²) in [5, 5.41) is 14.4. The van der Waals surface area contributed by atoms with E-state index in [4.69, 9.17) is 5.11 Å². The minimum Gasteiger partial charge on any atom is -0.480 e. The second-order valence-electron chi connectivity index (χ2n) is 5.64. The Kier molecular flexibility index (Phi) is 4.63. The Morgan fingerprint density at radius 3 is 2.63 bits per heavy atom. The quantitative estimate of drug-likeness (QED) is 0.684. The number of carbonyl (C=O) groups excluding carboxylic acids is 1. The van der Waals surface area contributed by atoms with Crippen LogP contribution in [0.3, 0.4) is 0 Å². The largest absolute Gasteiger partial charge is 0.480 e. The molecule has 0 aromatic rings. The fourth-order valence-electron chi connectivity index (χ4n) is 2.62. The number of hydrogen-bond donors (Lipinski definition) is 3. The lowest BCUT2D eigenvalue weighted by molar-refractivity contribution is -0.139. The van der Waals surface area contributed by atoms with E-state index >= 15 is 0 Å². The number of hydrogen-bond acceptors (Lipinski definition) is 3. The number of amides is 2. The first kappa shape index (κ1) is 14.1. The van der Waals surface area contributed by atoms with Crippen LogP contribution in [0.4, 0.5) is 4.79 Å². The van der Waals surface area contributed by atoms with Crippen molar-refractivity contribution in [2.24, 2.45) is 5.92 Å². The number of nitrogens with zero attached hydrogens (tertiary/aromatic N) is 1. The van der Waals surface area contributed by atoms with Crippen LogP contribution in [-0.4, -0.2) is 54.2 Å². The summed E-state index contributed by atoms with van der Waals surface area (Å²) in [5.74, 6) is -0.826. The van der Waals surface area contributed by atoms with Crippen molar-refractivity contribution in [3.05, 3.63) is 0 Å². The third-order valence-corrected chi connectivity index (χ3v) is 4.07. The minimum absolute atomic E-state index is 0.112. The monoisotopic (exact) mass is 269 g/mol. The summed E-state index contributed by atoms with van der Waals surface area (Å²) < 4.78 is 0. The summed E-state index contributed by atoms with van der Waals surface area (Å²) in [5.41, 5.74) is 0. The number of aliphatic carboxylic acids is 1. The highest BCUT2D eigenvalue weighted by molar-refractivity contribution is 5.83. The Labute approximate surface area is 113 Å². The summed E-state index contributed by atoms with van der Waals surface area (Å²) in [6.45, 7) is 1.65. The van der Waals surface area contributed by atoms with Gasteiger partial charge in [-0.1, -0.05) is 6.42 Å². The average molecular weight is 269 g/mol. The molecule has 2 fully saturated rings. The highest BCUT2D eigenvalue weighted by atomic mass is 16.4. The van der Waals surface area contributed by atoms with E-state index in [0.29, 0.717) is 12.6 Å². The van der Waals surface area contributed by atoms with E-state index in [1.165, 1.54) is 12.8 Å². The number of carbonyl (C=O) groups is 2. The number of piperidine rings is 1. The van der Waals surface area contributed by atoms with Crippen LogP contribution in [0, 0.1) is 5.92 Å². The van der Waals surface area contributed by atoms with Crippen LogP contribution in [0.2, 0.25) is 0 Å². The number of likely N-dealkylation sites (N-methyl/N-ethyl adjacent to an activating group) is 1. The Morgan fingerprint density at radius 1 is 1.32 bits per heavy atom. The van der Waals surface area contributed by atoms with Crippen molar-refractivity contribution in [2.45, 2.75) is 44.2 Å². The van der Waals surface area contributed by atoms with Gasteiger partial charge in [0, 0.05) is 12.6 Å². The third kappa shape index (κ3) is 4.09. The maximum absolute atomic E-state index is 11.7. The highest BCUT2D eigenvalue weighted by Crippen LogP contribution is 2.32. The molecular weight excluding hydrogens is 246 g/mol. The van der Waals surface area contributed by atoms with Gasteiger partial charge in [-0.2, -0.15) is 0 Å². The van der Waals surface area contributed by atoms with E-state index in [0.717, 1.165) is 25.8 Å². The Balaban J connectivity index is 1.72. The molecular formula is C13H23N3O3. The molecule has 3 N–H and O–H groups in total. The summed E-state index contributed by atoms with van der Waals surface area (Å²) >= 11 is 0. The second-order valence-corrected chi connectivity index (χ2v) is 5.64. The fraction of sp³-hybridized carbons (Fsp3) is 0.846. The zero-order chi connectivity index (χ0) is 13.8. The number of urea groups is 1. The maximum atomic E-state index is 11.7. The van der Waals surface area contributed by atoms with Gasteiger partial charge < -0.3 is 20.6 Å². The van der Waals surface area contributed by atoms with Crippen molar-refractivity contribution in [3.8, 4) is 0 Å². The molecule has 0 bridgehead atoms. The van der Waals surface area contributed by atoms with Crippen molar-refractivity contribution in [1.82, 2.24) is 15.5 Å². The van der Waals surface area contributed by atoms with Crippen LogP contribution in [0.1, 0.15) is 32.1 Å². The fourth-order valence-corrected chi connectivity index (χ4v) is 2.62. The van der Waals surface area contributed by atoms with E-state index in [-0.39, 0.29) is 11.9 Å². The molecule has 2 aliphatic rings. The van der Waals surface area contributed by atoms with Crippen molar-refractivity contribution in [1.29, 1.82) is 0 Å². The first-order valence-electron chi connectivity index (χ1n) is 7.05. The standard InChI is InChI=1S/C13H23N3O3/c1-16-7-3-2-4-10(16)8-14-13(19)15-11(12(17)18)9-5-6-9/h9-11H,2-8H2,1H3,(H,17,18)(H2,14,15,19). The zero-order valence-corrected chi connectivity index (χ0v) is 11.4. The van der Waals surface area contributed by atoms with Gasteiger partial charge in [-0.05, 0) is 45.2 Å². The molecule has 2 amide bonds. The summed E-state index contributed by atoms with van der Waals surface area (Å²) in [6.07, 6.45) is 5.27. The van der Waals surface area contributed by atoms with Gasteiger partial charge in [-0.25, -0.2) is 9.59 Å². The van der Waals surface area contributed by atoms with Crippen molar-refractivity contribution < 1.29 is 14.7 Å². The number of rotatable bonds is 5. The van der Waals surface area contributed by atoms with Gasteiger partial charge in [0.1, 0.15) is 6.04 Å². The Hall–Kier alpha value is -1.30. The Bertz CT molecular complexity index is 344. The molecule has 2 unspecified atom stereocenters. The molecule has 0 aromatic heterocycles. The molecule has 6 nitrogen and oxygen atoms in total. The molecule has 108 valence electrons. The van der Waals surface area contributed by atoms with Crippen molar-refractivity contribution in [3.63, 3.8) is 0 Å². The van der Waals surface area contributed by atoms with Crippen LogP contribution >= 0.6 is 0 Å². The molecule has 0 aromatic carbocycles. The molecule has 0 spiro atoms. The van der Waals surface area contributed by atoms with E-state index < -0.39 is 12.0 Å². The summed E-state index contributed by atoms with van der Waals surface area (Å²) in [6, 6.07) is -0.730. The summed E-state index contributed by atoms with van der Waals surface area (Å²) in [7, 11) is 2.06. The molecule has 1 heterocycles. The number of carboxylic acids is 1. The molecule has 0 radical (unpaired) electrons. The molecule has 1 aliphatic heterocycles. The highest BCUT2D eigenvalue weighted by Gasteiger charge is 2.37. The average Bonchev–Trinajstić information content (AvgIpc) is 3.19. The van der Waals surface area contributed by atoms with Gasteiger partial charge in [0.25, 0.3) is 0 Å². The Morgan fingerprint density at radius 2 is 2.05 bits per heavy atom. The molecule has 1 aliphatic carbocycles. The van der Waals surface area contributed by atoms with Gasteiger partial charge in [0.15, 0.2) is 0 Å². The molecule has 2 rings (SSSR count). The molecule has 6 heteroatoms. The molecule has 19 heavy (non-hydrogen) atoms. The lowest BCUT2D eigenvalue weighted by Gasteiger charge is -2.32.